The lowest BCUT2D eigenvalue weighted by molar-refractivity contribution is 0.383. The van der Waals surface area contributed by atoms with E-state index in [0.717, 1.165) is 11.6 Å². The van der Waals surface area contributed by atoms with Gasteiger partial charge in [0.25, 0.3) is 0 Å². The van der Waals surface area contributed by atoms with Crippen LogP contribution in [-0.2, 0) is 10.0 Å². The van der Waals surface area contributed by atoms with E-state index < -0.39 is 10.0 Å². The largest absolute Gasteiger partial charge is 0.354 e. The second-order valence-corrected chi connectivity index (χ2v) is 7.10. The Bertz CT molecular complexity index is 741. The molecule has 1 saturated heterocycles. The Hall–Kier alpha value is -1.99. The highest BCUT2D eigenvalue weighted by Gasteiger charge is 2.28. The molecule has 116 valence electrons. The second-order valence-electron chi connectivity index (χ2n) is 5.17. The van der Waals surface area contributed by atoms with Gasteiger partial charge >= 0.3 is 0 Å². The summed E-state index contributed by atoms with van der Waals surface area (Å²) in [7, 11) is -3.40. The van der Waals surface area contributed by atoms with Gasteiger partial charge in [-0.3, -0.25) is 0 Å². The second kappa shape index (κ2) is 6.02. The number of piperazine rings is 1. The summed E-state index contributed by atoms with van der Waals surface area (Å²) in [5.74, 6) is 1.57. The first-order valence-corrected chi connectivity index (χ1v) is 8.61. The fourth-order valence-corrected chi connectivity index (χ4v) is 3.96. The fraction of sp³-hybridized carbons (Fsp3) is 0.333. The summed E-state index contributed by atoms with van der Waals surface area (Å²) in [5, 5.41) is 0. The molecule has 0 amide bonds. The minimum Gasteiger partial charge on any atom is -0.354 e. The van der Waals surface area contributed by atoms with E-state index in [2.05, 4.69) is 14.9 Å². The number of hydrogen-bond donors (Lipinski definition) is 0. The Morgan fingerprint density at radius 2 is 1.68 bits per heavy atom. The minimum atomic E-state index is -3.40. The monoisotopic (exact) mass is 318 g/mol. The third-order valence-corrected chi connectivity index (χ3v) is 5.62. The molecule has 0 bridgehead atoms. The highest BCUT2D eigenvalue weighted by molar-refractivity contribution is 7.89. The summed E-state index contributed by atoms with van der Waals surface area (Å²) in [6, 6.07) is 10.4. The maximum Gasteiger partial charge on any atom is 0.243 e. The molecule has 1 aliphatic heterocycles. The van der Waals surface area contributed by atoms with E-state index in [1.54, 1.807) is 30.5 Å². The molecule has 0 aliphatic carbocycles. The average Bonchev–Trinajstić information content (AvgIpc) is 2.56. The molecule has 0 unspecified atom stereocenters. The topological polar surface area (TPSA) is 66.4 Å². The minimum absolute atomic E-state index is 0.348. The third kappa shape index (κ3) is 2.95. The molecule has 1 aromatic heterocycles. The zero-order valence-electron chi connectivity index (χ0n) is 12.4. The molecule has 1 fully saturated rings. The Kier molecular flexibility index (Phi) is 4.08. The van der Waals surface area contributed by atoms with Crippen molar-refractivity contribution in [1.82, 2.24) is 14.3 Å². The van der Waals surface area contributed by atoms with Crippen LogP contribution in [0.3, 0.4) is 0 Å². The van der Waals surface area contributed by atoms with Crippen molar-refractivity contribution >= 4 is 15.8 Å². The zero-order chi connectivity index (χ0) is 15.6. The van der Waals surface area contributed by atoms with Crippen LogP contribution >= 0.6 is 0 Å². The van der Waals surface area contributed by atoms with Crippen LogP contribution in [0.1, 0.15) is 5.82 Å². The van der Waals surface area contributed by atoms with Crippen LogP contribution in [0.15, 0.2) is 47.5 Å². The van der Waals surface area contributed by atoms with Gasteiger partial charge in [-0.25, -0.2) is 18.4 Å². The Morgan fingerprint density at radius 3 is 2.32 bits per heavy atom. The highest BCUT2D eigenvalue weighted by atomic mass is 32.2. The Balaban J connectivity index is 1.72. The van der Waals surface area contributed by atoms with E-state index in [0.29, 0.717) is 31.1 Å². The summed E-state index contributed by atoms with van der Waals surface area (Å²) < 4.78 is 26.7. The number of sulfonamides is 1. The number of nitrogens with zero attached hydrogens (tertiary/aromatic N) is 4. The number of hydrogen-bond acceptors (Lipinski definition) is 5. The van der Waals surface area contributed by atoms with Crippen LogP contribution in [-0.4, -0.2) is 48.9 Å². The quantitative estimate of drug-likeness (QED) is 0.853. The van der Waals surface area contributed by atoms with Gasteiger partial charge in [-0.15, -0.1) is 0 Å². The average molecular weight is 318 g/mol. The summed E-state index contributed by atoms with van der Waals surface area (Å²) >= 11 is 0. The predicted molar refractivity (Wildman–Crippen MR) is 84.2 cm³/mol. The normalized spacial score (nSPS) is 16.7. The number of rotatable bonds is 3. The molecule has 3 rings (SSSR count). The first kappa shape index (κ1) is 14.9. The summed E-state index contributed by atoms with van der Waals surface area (Å²) in [4.78, 5) is 10.9. The third-order valence-electron chi connectivity index (χ3n) is 3.70. The van der Waals surface area contributed by atoms with Crippen LogP contribution in [0.5, 0.6) is 0 Å². The van der Waals surface area contributed by atoms with Crippen molar-refractivity contribution in [3.63, 3.8) is 0 Å². The van der Waals surface area contributed by atoms with Crippen molar-refractivity contribution < 1.29 is 8.42 Å². The number of benzene rings is 1. The molecule has 0 spiro atoms. The number of aryl methyl sites for hydroxylation is 1. The van der Waals surface area contributed by atoms with Gasteiger partial charge in [-0.1, -0.05) is 18.2 Å². The van der Waals surface area contributed by atoms with Crippen molar-refractivity contribution in [2.45, 2.75) is 11.8 Å². The van der Waals surface area contributed by atoms with Crippen LogP contribution in [0.25, 0.3) is 0 Å². The molecule has 1 aliphatic rings. The Morgan fingerprint density at radius 1 is 1.00 bits per heavy atom. The lowest BCUT2D eigenvalue weighted by atomic mass is 10.3. The summed E-state index contributed by atoms with van der Waals surface area (Å²) in [6.07, 6.45) is 1.73. The molecule has 2 heterocycles. The molecule has 0 saturated carbocycles. The van der Waals surface area contributed by atoms with E-state index in [1.165, 1.54) is 4.31 Å². The van der Waals surface area contributed by atoms with Gasteiger partial charge in [-0.05, 0) is 25.1 Å². The van der Waals surface area contributed by atoms with Crippen LogP contribution < -0.4 is 4.90 Å². The van der Waals surface area contributed by atoms with Crippen molar-refractivity contribution in [1.29, 1.82) is 0 Å². The first-order chi connectivity index (χ1) is 10.6. The molecule has 0 radical (unpaired) electrons. The maximum absolute atomic E-state index is 12.6. The molecular weight excluding hydrogens is 300 g/mol. The van der Waals surface area contributed by atoms with Crippen LogP contribution in [0, 0.1) is 6.92 Å². The molecule has 6 nitrogen and oxygen atoms in total. The number of aromatic nitrogens is 2. The lowest BCUT2D eigenvalue weighted by Gasteiger charge is -2.34. The number of anilines is 1. The van der Waals surface area contributed by atoms with Gasteiger partial charge in [0.2, 0.25) is 10.0 Å². The van der Waals surface area contributed by atoms with Gasteiger partial charge in [0.05, 0.1) is 4.90 Å². The van der Waals surface area contributed by atoms with E-state index >= 15 is 0 Å². The zero-order valence-corrected chi connectivity index (χ0v) is 13.2. The van der Waals surface area contributed by atoms with E-state index in [9.17, 15) is 8.42 Å². The van der Waals surface area contributed by atoms with Gasteiger partial charge in [-0.2, -0.15) is 4.31 Å². The lowest BCUT2D eigenvalue weighted by Crippen LogP contribution is -2.48. The van der Waals surface area contributed by atoms with E-state index in [-0.39, 0.29) is 0 Å². The molecule has 1 aromatic carbocycles. The standard InChI is InChI=1S/C15H18N4O2S/c1-13-16-8-7-15(17-13)18-9-11-19(12-10-18)22(20,21)14-5-3-2-4-6-14/h2-8H,9-12H2,1H3. The van der Waals surface area contributed by atoms with Crippen LogP contribution in [0.4, 0.5) is 5.82 Å². The van der Waals surface area contributed by atoms with Crippen molar-refractivity contribution in [2.75, 3.05) is 31.1 Å². The van der Waals surface area contributed by atoms with Crippen molar-refractivity contribution in [2.24, 2.45) is 0 Å². The molecule has 0 N–H and O–H groups in total. The fourth-order valence-electron chi connectivity index (χ4n) is 2.52. The first-order valence-electron chi connectivity index (χ1n) is 7.17. The summed E-state index contributed by atoms with van der Waals surface area (Å²) in [6.45, 7) is 4.02. The van der Waals surface area contributed by atoms with E-state index in [4.69, 9.17) is 0 Å². The predicted octanol–water partition coefficient (Wildman–Crippen LogP) is 1.30. The van der Waals surface area contributed by atoms with E-state index in [1.807, 2.05) is 19.1 Å². The smallest absolute Gasteiger partial charge is 0.243 e. The molecule has 0 atom stereocenters. The SMILES string of the molecule is Cc1nccc(N2CCN(S(=O)(=O)c3ccccc3)CC2)n1. The Labute approximate surface area is 130 Å². The van der Waals surface area contributed by atoms with Crippen molar-refractivity contribution in [3.05, 3.63) is 48.4 Å². The van der Waals surface area contributed by atoms with Crippen LogP contribution in [0.2, 0.25) is 0 Å². The summed E-state index contributed by atoms with van der Waals surface area (Å²) in [5.41, 5.74) is 0. The highest BCUT2D eigenvalue weighted by Crippen LogP contribution is 2.19. The molecule has 2 aromatic rings. The molecule has 7 heteroatoms. The van der Waals surface area contributed by atoms with Crippen molar-refractivity contribution in [3.8, 4) is 0 Å². The molecule has 22 heavy (non-hydrogen) atoms. The van der Waals surface area contributed by atoms with Gasteiger partial charge in [0.15, 0.2) is 0 Å². The maximum atomic E-state index is 12.6. The van der Waals surface area contributed by atoms with Gasteiger partial charge < -0.3 is 4.90 Å². The van der Waals surface area contributed by atoms with Gasteiger partial charge in [0.1, 0.15) is 11.6 Å². The molecular formula is C15H18N4O2S. The van der Waals surface area contributed by atoms with Gasteiger partial charge in [0, 0.05) is 32.4 Å².